The molecular weight excluding hydrogens is 198 g/mol. The largest absolute Gasteiger partial charge is 0.336 e. The van der Waals surface area contributed by atoms with Crippen LogP contribution in [0.5, 0.6) is 0 Å². The highest BCUT2D eigenvalue weighted by Gasteiger charge is 2.19. The molecule has 0 saturated carbocycles. The molecule has 1 aromatic rings. The quantitative estimate of drug-likeness (QED) is 0.751. The Balaban J connectivity index is 2.07. The summed E-state index contributed by atoms with van der Waals surface area (Å²) in [7, 11) is 0. The van der Waals surface area contributed by atoms with E-state index < -0.39 is 0 Å². The number of rotatable bonds is 1. The molecule has 14 heavy (non-hydrogen) atoms. The van der Waals surface area contributed by atoms with Crippen LogP contribution in [0.25, 0.3) is 0 Å². The first-order chi connectivity index (χ1) is 6.77. The third-order valence-electron chi connectivity index (χ3n) is 2.22. The minimum Gasteiger partial charge on any atom is -0.336 e. The van der Waals surface area contributed by atoms with Gasteiger partial charge in [-0.3, -0.25) is 9.89 Å². The molecule has 1 aliphatic heterocycles. The molecule has 4 nitrogen and oxygen atoms in total. The van der Waals surface area contributed by atoms with Crippen LogP contribution in [0.2, 0.25) is 0 Å². The van der Waals surface area contributed by atoms with Crippen LogP contribution in [-0.4, -0.2) is 45.6 Å². The summed E-state index contributed by atoms with van der Waals surface area (Å²) in [5.41, 5.74) is 1.47. The molecule has 2 heterocycles. The van der Waals surface area contributed by atoms with Gasteiger partial charge in [-0.15, -0.1) is 0 Å². The summed E-state index contributed by atoms with van der Waals surface area (Å²) in [5.74, 6) is 2.12. The molecule has 0 atom stereocenters. The summed E-state index contributed by atoms with van der Waals surface area (Å²) in [5, 5.41) is 6.75. The van der Waals surface area contributed by atoms with Gasteiger partial charge in [0.15, 0.2) is 0 Å². The molecule has 0 unspecified atom stereocenters. The van der Waals surface area contributed by atoms with E-state index in [2.05, 4.69) is 10.2 Å². The Labute approximate surface area is 87.1 Å². The summed E-state index contributed by atoms with van der Waals surface area (Å²) < 4.78 is 0. The molecule has 1 aliphatic rings. The van der Waals surface area contributed by atoms with Crippen LogP contribution in [-0.2, 0) is 0 Å². The second-order valence-electron chi connectivity index (χ2n) is 3.34. The lowest BCUT2D eigenvalue weighted by Crippen LogP contribution is -2.38. The summed E-state index contributed by atoms with van der Waals surface area (Å²) >= 11 is 1.89. The zero-order valence-corrected chi connectivity index (χ0v) is 8.93. The fourth-order valence-electron chi connectivity index (χ4n) is 1.46. The van der Waals surface area contributed by atoms with Crippen molar-refractivity contribution in [1.82, 2.24) is 15.1 Å². The van der Waals surface area contributed by atoms with Crippen LogP contribution in [0.3, 0.4) is 0 Å². The second-order valence-corrected chi connectivity index (χ2v) is 4.57. The van der Waals surface area contributed by atoms with E-state index in [0.717, 1.165) is 30.3 Å². The number of carbonyl (C=O) groups is 1. The van der Waals surface area contributed by atoms with E-state index in [1.165, 1.54) is 0 Å². The lowest BCUT2D eigenvalue weighted by Gasteiger charge is -2.25. The van der Waals surface area contributed by atoms with Gasteiger partial charge in [-0.05, 0) is 13.0 Å². The van der Waals surface area contributed by atoms with Gasteiger partial charge in [-0.1, -0.05) is 0 Å². The fraction of sp³-hybridized carbons (Fsp3) is 0.556. The van der Waals surface area contributed by atoms with Gasteiger partial charge < -0.3 is 4.90 Å². The van der Waals surface area contributed by atoms with Crippen molar-refractivity contribution in [3.63, 3.8) is 0 Å². The molecule has 5 heteroatoms. The number of aromatic amines is 1. The van der Waals surface area contributed by atoms with Gasteiger partial charge >= 0.3 is 0 Å². The predicted molar refractivity (Wildman–Crippen MR) is 56.6 cm³/mol. The fourth-order valence-corrected chi connectivity index (χ4v) is 2.36. The molecule has 1 N–H and O–H groups in total. The van der Waals surface area contributed by atoms with E-state index in [1.54, 1.807) is 6.07 Å². The van der Waals surface area contributed by atoms with Crippen molar-refractivity contribution in [3.05, 3.63) is 17.5 Å². The Morgan fingerprint density at radius 2 is 2.29 bits per heavy atom. The molecular formula is C9H13N3OS. The van der Waals surface area contributed by atoms with Crippen molar-refractivity contribution in [1.29, 1.82) is 0 Å². The number of carbonyl (C=O) groups excluding carboxylic acids is 1. The normalized spacial score (nSPS) is 17.1. The average Bonchev–Trinajstić information content (AvgIpc) is 2.65. The Morgan fingerprint density at radius 3 is 2.86 bits per heavy atom. The van der Waals surface area contributed by atoms with Crippen LogP contribution in [0.1, 0.15) is 16.2 Å². The van der Waals surface area contributed by atoms with E-state index in [4.69, 9.17) is 0 Å². The zero-order chi connectivity index (χ0) is 9.97. The van der Waals surface area contributed by atoms with Crippen molar-refractivity contribution in [3.8, 4) is 0 Å². The van der Waals surface area contributed by atoms with E-state index in [1.807, 2.05) is 23.6 Å². The lowest BCUT2D eigenvalue weighted by molar-refractivity contribution is 0.0766. The average molecular weight is 211 g/mol. The summed E-state index contributed by atoms with van der Waals surface area (Å²) in [6.07, 6.45) is 0. The monoisotopic (exact) mass is 211 g/mol. The maximum Gasteiger partial charge on any atom is 0.274 e. The number of amides is 1. The summed E-state index contributed by atoms with van der Waals surface area (Å²) in [6.45, 7) is 3.58. The minimum absolute atomic E-state index is 0.0506. The van der Waals surface area contributed by atoms with Crippen LogP contribution in [0.15, 0.2) is 6.07 Å². The molecule has 1 aromatic heterocycles. The van der Waals surface area contributed by atoms with Crippen LogP contribution < -0.4 is 0 Å². The van der Waals surface area contributed by atoms with Crippen LogP contribution in [0.4, 0.5) is 0 Å². The maximum absolute atomic E-state index is 11.8. The molecule has 1 saturated heterocycles. The van der Waals surface area contributed by atoms with Gasteiger partial charge in [-0.2, -0.15) is 16.9 Å². The highest BCUT2D eigenvalue weighted by Crippen LogP contribution is 2.12. The van der Waals surface area contributed by atoms with Gasteiger partial charge in [0.25, 0.3) is 5.91 Å². The Kier molecular flexibility index (Phi) is 2.77. The van der Waals surface area contributed by atoms with Crippen molar-refractivity contribution in [2.24, 2.45) is 0 Å². The van der Waals surface area contributed by atoms with Crippen molar-refractivity contribution in [2.45, 2.75) is 6.92 Å². The number of H-pyrrole nitrogens is 1. The van der Waals surface area contributed by atoms with Gasteiger partial charge in [0.1, 0.15) is 5.69 Å². The van der Waals surface area contributed by atoms with Crippen molar-refractivity contribution >= 4 is 17.7 Å². The number of nitrogens with one attached hydrogen (secondary N) is 1. The molecule has 0 bridgehead atoms. The van der Waals surface area contributed by atoms with E-state index in [9.17, 15) is 4.79 Å². The molecule has 1 fully saturated rings. The SMILES string of the molecule is Cc1cc(C(=O)N2CCSCC2)n[nH]1. The number of hydrogen-bond acceptors (Lipinski definition) is 3. The smallest absolute Gasteiger partial charge is 0.274 e. The van der Waals surface area contributed by atoms with Gasteiger partial charge in [0, 0.05) is 30.3 Å². The number of aryl methyl sites for hydroxylation is 1. The number of hydrogen-bond donors (Lipinski definition) is 1. The standard InChI is InChI=1S/C9H13N3OS/c1-7-6-8(11-10-7)9(13)12-2-4-14-5-3-12/h6H,2-5H2,1H3,(H,10,11). The Hall–Kier alpha value is -0.970. The van der Waals surface area contributed by atoms with E-state index in [0.29, 0.717) is 5.69 Å². The highest BCUT2D eigenvalue weighted by molar-refractivity contribution is 7.99. The third kappa shape index (κ3) is 1.92. The minimum atomic E-state index is 0.0506. The van der Waals surface area contributed by atoms with Gasteiger partial charge in [0.2, 0.25) is 0 Å². The van der Waals surface area contributed by atoms with Crippen LogP contribution in [0, 0.1) is 6.92 Å². The van der Waals surface area contributed by atoms with Gasteiger partial charge in [-0.25, -0.2) is 0 Å². The highest BCUT2D eigenvalue weighted by atomic mass is 32.2. The molecule has 2 rings (SSSR count). The van der Waals surface area contributed by atoms with Crippen molar-refractivity contribution < 1.29 is 4.79 Å². The topological polar surface area (TPSA) is 49.0 Å². The lowest BCUT2D eigenvalue weighted by atomic mass is 10.3. The van der Waals surface area contributed by atoms with E-state index in [-0.39, 0.29) is 5.91 Å². The maximum atomic E-state index is 11.8. The number of thioether (sulfide) groups is 1. The third-order valence-corrected chi connectivity index (χ3v) is 3.17. The molecule has 1 amide bonds. The summed E-state index contributed by atoms with van der Waals surface area (Å²) in [4.78, 5) is 13.7. The van der Waals surface area contributed by atoms with Crippen molar-refractivity contribution in [2.75, 3.05) is 24.6 Å². The molecule has 0 aliphatic carbocycles. The number of aromatic nitrogens is 2. The van der Waals surface area contributed by atoms with Crippen LogP contribution >= 0.6 is 11.8 Å². The van der Waals surface area contributed by atoms with E-state index >= 15 is 0 Å². The number of nitrogens with zero attached hydrogens (tertiary/aromatic N) is 2. The first kappa shape index (κ1) is 9.58. The predicted octanol–water partition coefficient (Wildman–Crippen LogP) is 0.907. The Morgan fingerprint density at radius 1 is 1.57 bits per heavy atom. The molecule has 76 valence electrons. The molecule has 0 spiro atoms. The summed E-state index contributed by atoms with van der Waals surface area (Å²) in [6, 6.07) is 1.80. The molecule has 0 aromatic carbocycles. The zero-order valence-electron chi connectivity index (χ0n) is 8.12. The Bertz CT molecular complexity index is 331. The first-order valence-corrected chi connectivity index (χ1v) is 5.82. The first-order valence-electron chi connectivity index (χ1n) is 4.66. The second kappa shape index (κ2) is 4.04. The van der Waals surface area contributed by atoms with Gasteiger partial charge in [0.05, 0.1) is 0 Å². The molecule has 0 radical (unpaired) electrons.